The van der Waals surface area contributed by atoms with E-state index >= 15 is 0 Å². The first kappa shape index (κ1) is 17.3. The Balaban J connectivity index is 2.32. The van der Waals surface area contributed by atoms with Crippen LogP contribution in [-0.2, 0) is 20.7 Å². The zero-order valence-electron chi connectivity index (χ0n) is 15.7. The van der Waals surface area contributed by atoms with Gasteiger partial charge in [0.05, 0.1) is 15.9 Å². The highest BCUT2D eigenvalue weighted by molar-refractivity contribution is 5.67. The standard InChI is InChI=1S/C18H26N2O4/c1-15(2)11-9-12-14(10-13(11)19(21)17(5,6)23-15)20(22)18(7,8)24-16(12,3)4/h9-10H,1-8H3. The molecule has 0 spiro atoms. The normalized spacial score (nSPS) is 25.9. The summed E-state index contributed by atoms with van der Waals surface area (Å²) >= 11 is 0. The number of hydroxylamine groups is 1. The predicted molar refractivity (Wildman–Crippen MR) is 92.0 cm³/mol. The number of anilines is 1. The smallest absolute Gasteiger partial charge is 0.316 e. The van der Waals surface area contributed by atoms with Crippen LogP contribution in [0.1, 0.15) is 66.5 Å². The minimum absolute atomic E-state index is 0.476. The maximum atomic E-state index is 12.8. The molecule has 0 fully saturated rings. The number of hydrogen-bond donors (Lipinski definition) is 0. The number of nitrogens with zero attached hydrogens (tertiary/aromatic N) is 2. The molecule has 2 aliphatic heterocycles. The van der Waals surface area contributed by atoms with Crippen LogP contribution in [0.15, 0.2) is 12.1 Å². The van der Waals surface area contributed by atoms with E-state index in [1.165, 1.54) is 0 Å². The van der Waals surface area contributed by atoms with Crippen LogP contribution in [0.25, 0.3) is 0 Å². The van der Waals surface area contributed by atoms with Crippen LogP contribution < -0.4 is 5.06 Å². The maximum Gasteiger partial charge on any atom is 0.316 e. The van der Waals surface area contributed by atoms with Crippen molar-refractivity contribution >= 4 is 11.4 Å². The Labute approximate surface area is 142 Å². The Bertz CT molecular complexity index is 735. The van der Waals surface area contributed by atoms with Crippen molar-refractivity contribution in [2.75, 3.05) is 5.06 Å². The van der Waals surface area contributed by atoms with Crippen LogP contribution in [0.5, 0.6) is 0 Å². The van der Waals surface area contributed by atoms with Crippen molar-refractivity contribution in [1.82, 2.24) is 0 Å². The van der Waals surface area contributed by atoms with E-state index in [0.29, 0.717) is 11.4 Å². The van der Waals surface area contributed by atoms with Crippen LogP contribution in [0.2, 0.25) is 0 Å². The fourth-order valence-electron chi connectivity index (χ4n) is 3.90. The first-order valence-electron chi connectivity index (χ1n) is 8.23. The lowest BCUT2D eigenvalue weighted by Gasteiger charge is -2.55. The summed E-state index contributed by atoms with van der Waals surface area (Å²) in [6.07, 6.45) is 0. The van der Waals surface area contributed by atoms with E-state index in [0.717, 1.165) is 21.0 Å². The van der Waals surface area contributed by atoms with Crippen molar-refractivity contribution in [3.8, 4) is 0 Å². The molecule has 3 rings (SSSR count). The molecule has 132 valence electrons. The predicted octanol–water partition coefficient (Wildman–Crippen LogP) is 4.40. The Morgan fingerprint density at radius 2 is 1.46 bits per heavy atom. The van der Waals surface area contributed by atoms with Crippen molar-refractivity contribution in [1.29, 1.82) is 0 Å². The number of fused-ring (bicyclic) bond motifs is 2. The summed E-state index contributed by atoms with van der Waals surface area (Å²) in [5.41, 5.74) is -0.824. The van der Waals surface area contributed by atoms with Gasteiger partial charge in [0.15, 0.2) is 0 Å². The van der Waals surface area contributed by atoms with Gasteiger partial charge in [0.25, 0.3) is 5.69 Å². The molecule has 0 amide bonds. The zero-order valence-corrected chi connectivity index (χ0v) is 15.7. The average molecular weight is 334 g/mol. The van der Waals surface area contributed by atoms with Crippen molar-refractivity contribution < 1.29 is 14.2 Å². The molecule has 24 heavy (non-hydrogen) atoms. The van der Waals surface area contributed by atoms with Crippen molar-refractivity contribution in [3.05, 3.63) is 33.4 Å². The van der Waals surface area contributed by atoms with Crippen LogP contribution >= 0.6 is 0 Å². The van der Waals surface area contributed by atoms with Crippen molar-refractivity contribution in [2.24, 2.45) is 0 Å². The lowest BCUT2D eigenvalue weighted by atomic mass is 9.84. The summed E-state index contributed by atoms with van der Waals surface area (Å²) in [7, 11) is 0. The van der Waals surface area contributed by atoms with Crippen LogP contribution in [0.3, 0.4) is 0 Å². The molecule has 0 radical (unpaired) electrons. The molecular formula is C18H26N2O4. The molecule has 1 aromatic carbocycles. The molecule has 0 saturated heterocycles. The van der Waals surface area contributed by atoms with Gasteiger partial charge in [-0.15, -0.1) is 0 Å². The Hall–Kier alpha value is -1.50. The Morgan fingerprint density at radius 3 is 2.04 bits per heavy atom. The van der Waals surface area contributed by atoms with Crippen LogP contribution in [0, 0.1) is 10.1 Å². The molecular weight excluding hydrogens is 308 g/mol. The van der Waals surface area contributed by atoms with Crippen molar-refractivity contribution in [2.45, 2.75) is 78.0 Å². The summed E-state index contributed by atoms with van der Waals surface area (Å²) < 4.78 is 12.9. The monoisotopic (exact) mass is 334 g/mol. The summed E-state index contributed by atoms with van der Waals surface area (Å²) in [6.45, 7) is 14.7. The molecule has 0 aromatic heterocycles. The minimum Gasteiger partial charge on any atom is -0.756 e. The molecule has 2 aliphatic rings. The SMILES string of the molecule is CC1(C)OC(C)(C)N([O-])c2cc3c(cc21)C(C)(C)OC(C)(C)[N+]3=O. The minimum atomic E-state index is -1.01. The fourth-order valence-corrected chi connectivity index (χ4v) is 3.90. The number of ether oxygens (including phenoxy) is 2. The van der Waals surface area contributed by atoms with Gasteiger partial charge in [0, 0.05) is 36.1 Å². The molecule has 0 atom stereocenters. The van der Waals surface area contributed by atoms with E-state index in [1.807, 2.05) is 33.8 Å². The highest BCUT2D eigenvalue weighted by Crippen LogP contribution is 2.51. The van der Waals surface area contributed by atoms with Gasteiger partial charge in [-0.1, -0.05) is 0 Å². The summed E-state index contributed by atoms with van der Waals surface area (Å²) in [4.78, 5) is 12.8. The fraction of sp³-hybridized carbons (Fsp3) is 0.667. The molecule has 1 aromatic rings. The van der Waals surface area contributed by atoms with Crippen LogP contribution in [-0.4, -0.2) is 16.2 Å². The van der Waals surface area contributed by atoms with Gasteiger partial charge in [-0.3, -0.25) is 0 Å². The second-order valence-electron chi connectivity index (χ2n) is 8.59. The van der Waals surface area contributed by atoms with E-state index in [-0.39, 0.29) is 0 Å². The molecule has 2 heterocycles. The maximum absolute atomic E-state index is 12.8. The lowest BCUT2D eigenvalue weighted by Crippen LogP contribution is -2.52. The molecule has 6 heteroatoms. The second-order valence-corrected chi connectivity index (χ2v) is 8.59. The molecule has 0 saturated carbocycles. The van der Waals surface area contributed by atoms with E-state index in [9.17, 15) is 10.1 Å². The summed E-state index contributed by atoms with van der Waals surface area (Å²) in [5.74, 6) is 0. The molecule has 0 N–H and O–H groups in total. The molecule has 0 bridgehead atoms. The molecule has 6 nitrogen and oxygen atoms in total. The van der Waals surface area contributed by atoms with Gasteiger partial charge in [0.1, 0.15) is 11.3 Å². The van der Waals surface area contributed by atoms with E-state index < -0.39 is 22.7 Å². The first-order chi connectivity index (χ1) is 10.7. The van der Waals surface area contributed by atoms with Gasteiger partial charge in [0.2, 0.25) is 0 Å². The Kier molecular flexibility index (Phi) is 3.29. The highest BCUT2D eigenvalue weighted by atomic mass is 16.6. The molecule has 0 unspecified atom stereocenters. The van der Waals surface area contributed by atoms with Gasteiger partial charge in [-0.2, -0.15) is 0 Å². The van der Waals surface area contributed by atoms with Crippen LogP contribution in [0.4, 0.5) is 11.4 Å². The first-order valence-corrected chi connectivity index (χ1v) is 8.23. The van der Waals surface area contributed by atoms with E-state index in [4.69, 9.17) is 9.47 Å². The number of rotatable bonds is 0. The third-order valence-corrected chi connectivity index (χ3v) is 4.84. The second kappa shape index (κ2) is 4.56. The van der Waals surface area contributed by atoms with Gasteiger partial charge in [-0.25, -0.2) is 0 Å². The van der Waals surface area contributed by atoms with Gasteiger partial charge in [-0.05, 0) is 47.6 Å². The van der Waals surface area contributed by atoms with Gasteiger partial charge >= 0.3 is 5.72 Å². The molecule has 0 aliphatic carbocycles. The number of benzene rings is 1. The summed E-state index contributed by atoms with van der Waals surface area (Å²) in [5, 5.41) is 13.6. The number of nitroso groups, excluding NO2 is 1. The quantitative estimate of drug-likeness (QED) is 0.658. The van der Waals surface area contributed by atoms with Gasteiger partial charge < -0.3 is 19.7 Å². The third-order valence-electron chi connectivity index (χ3n) is 4.84. The topological polar surface area (TPSA) is 64.8 Å². The highest BCUT2D eigenvalue weighted by Gasteiger charge is 2.53. The van der Waals surface area contributed by atoms with Crippen molar-refractivity contribution in [3.63, 3.8) is 0 Å². The largest absolute Gasteiger partial charge is 0.756 e. The third kappa shape index (κ3) is 2.28. The average Bonchev–Trinajstić information content (AvgIpc) is 2.39. The summed E-state index contributed by atoms with van der Waals surface area (Å²) in [6, 6.07) is 3.56. The number of hydrogen-bond acceptors (Lipinski definition) is 5. The lowest BCUT2D eigenvalue weighted by molar-refractivity contribution is -0.627. The zero-order chi connectivity index (χ0) is 18.3. The van der Waals surface area contributed by atoms with E-state index in [1.54, 1.807) is 33.8 Å². The Morgan fingerprint density at radius 1 is 0.917 bits per heavy atom. The van der Waals surface area contributed by atoms with E-state index in [2.05, 4.69) is 0 Å².